The summed E-state index contributed by atoms with van der Waals surface area (Å²) in [4.78, 5) is 0. The van der Waals surface area contributed by atoms with E-state index in [2.05, 4.69) is 16.2 Å². The van der Waals surface area contributed by atoms with Crippen LogP contribution in [-0.2, 0) is 4.29 Å². The van der Waals surface area contributed by atoms with Gasteiger partial charge in [0.05, 0.1) is 18.5 Å². The van der Waals surface area contributed by atoms with Gasteiger partial charge < -0.3 is 0 Å². The van der Waals surface area contributed by atoms with Crippen LogP contribution in [0.3, 0.4) is 0 Å². The highest BCUT2D eigenvalue weighted by atomic mass is 35.5. The Labute approximate surface area is 35.4 Å². The Morgan fingerprint density at radius 2 is 2.00 bits per heavy atom. The molecule has 0 aromatic carbocycles. The second-order valence-corrected chi connectivity index (χ2v) is 0.616. The number of rotatable bonds is 1. The molecule has 0 amide bonds. The molecule has 3 heteroatoms. The predicted octanol–water partition coefficient (Wildman–Crippen LogP) is 1.33. The Balaban J connectivity index is 0. The molecule has 0 aliphatic carbocycles. The van der Waals surface area contributed by atoms with Crippen LogP contribution in [0.25, 0.3) is 0 Å². The van der Waals surface area contributed by atoms with E-state index in [1.54, 1.807) is 0 Å². The van der Waals surface area contributed by atoms with Crippen LogP contribution in [0.5, 0.6) is 0 Å². The third kappa shape index (κ3) is 14.3. The molecule has 0 N–H and O–H groups in total. The molecule has 34 valence electrons. The molecule has 0 aromatic heterocycles. The van der Waals surface area contributed by atoms with Crippen LogP contribution in [0.15, 0.2) is 0 Å². The monoisotopic (exact) mass is 100 g/mol. The van der Waals surface area contributed by atoms with Crippen molar-refractivity contribution in [2.45, 2.75) is 6.92 Å². The van der Waals surface area contributed by atoms with Gasteiger partial charge in [-0.25, -0.2) is 0 Å². The minimum absolute atomic E-state index is 0. The first-order valence-electron chi connectivity index (χ1n) is 1.15. The van der Waals surface area contributed by atoms with E-state index in [-0.39, 0.29) is 4.70 Å². The molecule has 0 spiro atoms. The Hall–Kier alpha value is 0.180. The summed E-state index contributed by atoms with van der Waals surface area (Å²) in [6.07, 6.45) is 0. The fourth-order valence-corrected chi connectivity index (χ4v) is 0. The minimum atomic E-state index is 0. The lowest BCUT2D eigenvalue weighted by molar-refractivity contribution is 0.378. The van der Waals surface area contributed by atoms with Crippen molar-refractivity contribution in [1.82, 2.24) is 0 Å². The summed E-state index contributed by atoms with van der Waals surface area (Å²) in [6, 6.07) is 0. The lowest BCUT2D eigenvalue weighted by Crippen LogP contribution is -1.64. The SMILES string of the molecule is CCOCl.F. The van der Waals surface area contributed by atoms with E-state index in [1.807, 2.05) is 6.92 Å². The van der Waals surface area contributed by atoms with Crippen LogP contribution in [0, 0.1) is 0 Å². The summed E-state index contributed by atoms with van der Waals surface area (Å²) < 4.78 is 4.01. The fourth-order valence-electron chi connectivity index (χ4n) is 0. The lowest BCUT2D eigenvalue weighted by Gasteiger charge is -1.70. The van der Waals surface area contributed by atoms with Gasteiger partial charge in [0.25, 0.3) is 0 Å². The normalized spacial score (nSPS) is 6.00. The van der Waals surface area contributed by atoms with Crippen LogP contribution >= 0.6 is 11.9 Å². The van der Waals surface area contributed by atoms with Crippen molar-refractivity contribution in [1.29, 1.82) is 0 Å². The van der Waals surface area contributed by atoms with Gasteiger partial charge in [-0.3, -0.25) is 8.99 Å². The molecule has 0 aliphatic rings. The summed E-state index contributed by atoms with van der Waals surface area (Å²) in [7, 11) is 0. The molecule has 0 atom stereocenters. The van der Waals surface area contributed by atoms with Gasteiger partial charge in [-0.05, 0) is 6.92 Å². The molecule has 5 heavy (non-hydrogen) atoms. The first kappa shape index (κ1) is 8.95. The van der Waals surface area contributed by atoms with Gasteiger partial charge in [0.2, 0.25) is 0 Å². The third-order valence-corrected chi connectivity index (χ3v) is 0.327. The van der Waals surface area contributed by atoms with Gasteiger partial charge in [-0.1, -0.05) is 0 Å². The predicted molar refractivity (Wildman–Crippen MR) is 20.0 cm³/mol. The Bertz CT molecular complexity index is 11.6. The molecule has 0 saturated carbocycles. The molecule has 0 rings (SSSR count). The van der Waals surface area contributed by atoms with Crippen molar-refractivity contribution in [3.05, 3.63) is 0 Å². The van der Waals surface area contributed by atoms with Gasteiger partial charge in [-0.2, -0.15) is 0 Å². The van der Waals surface area contributed by atoms with Gasteiger partial charge in [0.15, 0.2) is 0 Å². The second kappa shape index (κ2) is 8.89. The van der Waals surface area contributed by atoms with Crippen molar-refractivity contribution in [3.63, 3.8) is 0 Å². The Kier molecular flexibility index (Phi) is 15.9. The third-order valence-electron chi connectivity index (χ3n) is 0.109. The average Bonchev–Trinajstić information content (AvgIpc) is 1.37. The molecule has 0 fully saturated rings. The quantitative estimate of drug-likeness (QED) is 0.483. The molecular weight excluding hydrogens is 94.5 g/mol. The molecule has 0 aliphatic heterocycles. The second-order valence-electron chi connectivity index (χ2n) is 0.398. The number of hydrogen-bond donors (Lipinski definition) is 0. The van der Waals surface area contributed by atoms with Crippen molar-refractivity contribution >= 4 is 11.9 Å². The molecule has 0 unspecified atom stereocenters. The van der Waals surface area contributed by atoms with Crippen LogP contribution in [-0.4, -0.2) is 6.61 Å². The maximum atomic E-state index is 4.69. The van der Waals surface area contributed by atoms with Crippen molar-refractivity contribution in [2.24, 2.45) is 0 Å². The van der Waals surface area contributed by atoms with Crippen LogP contribution in [0.4, 0.5) is 4.70 Å². The summed E-state index contributed by atoms with van der Waals surface area (Å²) >= 11 is 4.69. The highest BCUT2D eigenvalue weighted by Gasteiger charge is 1.55. The zero-order chi connectivity index (χ0) is 3.41. The molecular formula is C2H6ClFO. The minimum Gasteiger partial charge on any atom is -0.280 e. The summed E-state index contributed by atoms with van der Waals surface area (Å²) in [6.45, 7) is 2.41. The topological polar surface area (TPSA) is 9.23 Å². The van der Waals surface area contributed by atoms with Gasteiger partial charge >= 0.3 is 0 Å². The summed E-state index contributed by atoms with van der Waals surface area (Å²) in [5, 5.41) is 0. The molecule has 0 bridgehead atoms. The molecule has 0 aromatic rings. The molecule has 0 heterocycles. The Morgan fingerprint density at radius 3 is 2.00 bits per heavy atom. The summed E-state index contributed by atoms with van der Waals surface area (Å²) in [5.74, 6) is 0. The summed E-state index contributed by atoms with van der Waals surface area (Å²) in [5.41, 5.74) is 0. The highest BCUT2D eigenvalue weighted by Crippen LogP contribution is 1.71. The van der Waals surface area contributed by atoms with E-state index in [9.17, 15) is 0 Å². The average molecular weight is 101 g/mol. The maximum Gasteiger partial charge on any atom is 0.0654 e. The number of halogens is 2. The molecule has 1 nitrogen and oxygen atoms in total. The van der Waals surface area contributed by atoms with Gasteiger partial charge in [0.1, 0.15) is 0 Å². The standard InChI is InChI=1S/C2H5ClO.FH/c1-2-4-3;/h2H2,1H3;1H. The first-order valence-corrected chi connectivity index (χ1v) is 1.46. The van der Waals surface area contributed by atoms with E-state index < -0.39 is 0 Å². The van der Waals surface area contributed by atoms with E-state index >= 15 is 0 Å². The lowest BCUT2D eigenvalue weighted by atomic mass is 10.9. The van der Waals surface area contributed by atoms with E-state index in [0.717, 1.165) is 0 Å². The zero-order valence-electron chi connectivity index (χ0n) is 2.90. The largest absolute Gasteiger partial charge is 0.280 e. The van der Waals surface area contributed by atoms with Crippen molar-refractivity contribution < 1.29 is 8.99 Å². The molecule has 0 radical (unpaired) electrons. The first-order chi connectivity index (χ1) is 1.91. The van der Waals surface area contributed by atoms with E-state index in [4.69, 9.17) is 0 Å². The highest BCUT2D eigenvalue weighted by molar-refractivity contribution is 6.07. The van der Waals surface area contributed by atoms with Crippen LogP contribution < -0.4 is 0 Å². The van der Waals surface area contributed by atoms with Crippen molar-refractivity contribution in [2.75, 3.05) is 6.61 Å². The van der Waals surface area contributed by atoms with Crippen LogP contribution in [0.2, 0.25) is 0 Å². The van der Waals surface area contributed by atoms with E-state index in [0.29, 0.717) is 6.61 Å². The van der Waals surface area contributed by atoms with Crippen molar-refractivity contribution in [3.8, 4) is 0 Å². The van der Waals surface area contributed by atoms with E-state index in [1.165, 1.54) is 0 Å². The Morgan fingerprint density at radius 1 is 1.80 bits per heavy atom. The number of hydrogen-bond acceptors (Lipinski definition) is 1. The van der Waals surface area contributed by atoms with Crippen LogP contribution in [0.1, 0.15) is 6.92 Å². The smallest absolute Gasteiger partial charge is 0.0654 e. The zero-order valence-corrected chi connectivity index (χ0v) is 3.66. The van der Waals surface area contributed by atoms with Gasteiger partial charge in [-0.15, -0.1) is 0 Å². The fraction of sp³-hybridized carbons (Fsp3) is 1.00. The van der Waals surface area contributed by atoms with Gasteiger partial charge in [0, 0.05) is 0 Å². The maximum absolute atomic E-state index is 4.69. The molecule has 0 saturated heterocycles.